The first-order chi connectivity index (χ1) is 12.0. The summed E-state index contributed by atoms with van der Waals surface area (Å²) in [6.07, 6.45) is 1.22. The molecule has 3 aromatic rings. The highest BCUT2D eigenvalue weighted by atomic mass is 32.2. The van der Waals surface area contributed by atoms with Crippen molar-refractivity contribution in [3.63, 3.8) is 0 Å². The van der Waals surface area contributed by atoms with Crippen LogP contribution in [0.2, 0.25) is 0 Å². The molecule has 3 N–H and O–H groups in total. The lowest BCUT2D eigenvalue weighted by Crippen LogP contribution is -2.16. The molecule has 0 bridgehead atoms. The molecule has 1 amide bonds. The SMILES string of the molecule is O=C(Nc1ncn[nH]1)c1cccc(S(=O)(=O)Nc2ccccc2F)c1. The molecule has 3 rings (SSSR count). The number of H-pyrrole nitrogens is 1. The van der Waals surface area contributed by atoms with E-state index in [1.165, 1.54) is 48.8 Å². The molecule has 0 atom stereocenters. The Hall–Kier alpha value is -3.27. The topological polar surface area (TPSA) is 117 Å². The number of halogens is 1. The van der Waals surface area contributed by atoms with Crippen molar-refractivity contribution in [3.8, 4) is 0 Å². The minimum absolute atomic E-state index is 0.0906. The van der Waals surface area contributed by atoms with E-state index >= 15 is 0 Å². The van der Waals surface area contributed by atoms with Crippen molar-refractivity contribution in [2.24, 2.45) is 0 Å². The van der Waals surface area contributed by atoms with Gasteiger partial charge in [-0.3, -0.25) is 14.8 Å². The van der Waals surface area contributed by atoms with Gasteiger partial charge in [0, 0.05) is 5.56 Å². The van der Waals surface area contributed by atoms with Gasteiger partial charge in [-0.1, -0.05) is 18.2 Å². The van der Waals surface area contributed by atoms with Crippen LogP contribution in [0.3, 0.4) is 0 Å². The lowest BCUT2D eigenvalue weighted by Gasteiger charge is -2.10. The van der Waals surface area contributed by atoms with Gasteiger partial charge < -0.3 is 0 Å². The van der Waals surface area contributed by atoms with Gasteiger partial charge in [0.1, 0.15) is 12.1 Å². The van der Waals surface area contributed by atoms with E-state index in [1.54, 1.807) is 0 Å². The Labute approximate surface area is 142 Å². The highest BCUT2D eigenvalue weighted by Crippen LogP contribution is 2.19. The zero-order valence-corrected chi connectivity index (χ0v) is 13.4. The summed E-state index contributed by atoms with van der Waals surface area (Å²) >= 11 is 0. The van der Waals surface area contributed by atoms with Crippen molar-refractivity contribution in [3.05, 3.63) is 66.2 Å². The molecule has 1 heterocycles. The number of amides is 1. The molecule has 0 aliphatic rings. The second-order valence-corrected chi connectivity index (χ2v) is 6.58. The number of nitrogens with one attached hydrogen (secondary N) is 3. The maximum Gasteiger partial charge on any atom is 0.262 e. The molecular formula is C15H12FN5O3S. The number of rotatable bonds is 5. The van der Waals surface area contributed by atoms with Crippen LogP contribution in [0.1, 0.15) is 10.4 Å². The standard InChI is InChI=1S/C15H12FN5O3S/c16-12-6-1-2-7-13(12)21-25(23,24)11-5-3-4-10(8-11)14(22)19-15-17-9-18-20-15/h1-9,21H,(H2,17,18,19,20,22). The summed E-state index contributed by atoms with van der Waals surface area (Å²) in [5.41, 5.74) is -0.0909. The van der Waals surface area contributed by atoms with Crippen molar-refractivity contribution < 1.29 is 17.6 Å². The predicted octanol–water partition coefficient (Wildman–Crippen LogP) is 2.00. The number of para-hydroxylation sites is 1. The Morgan fingerprint density at radius 2 is 1.92 bits per heavy atom. The molecule has 0 spiro atoms. The van der Waals surface area contributed by atoms with Gasteiger partial charge in [-0.25, -0.2) is 17.9 Å². The molecule has 128 valence electrons. The smallest absolute Gasteiger partial charge is 0.262 e. The van der Waals surface area contributed by atoms with E-state index in [-0.39, 0.29) is 22.1 Å². The molecule has 1 aromatic heterocycles. The van der Waals surface area contributed by atoms with E-state index in [0.717, 1.165) is 6.07 Å². The predicted molar refractivity (Wildman–Crippen MR) is 88.0 cm³/mol. The van der Waals surface area contributed by atoms with Crippen LogP contribution in [-0.4, -0.2) is 29.5 Å². The van der Waals surface area contributed by atoms with Gasteiger partial charge in [-0.15, -0.1) is 0 Å². The lowest BCUT2D eigenvalue weighted by atomic mass is 10.2. The van der Waals surface area contributed by atoms with Crippen LogP contribution in [0.5, 0.6) is 0 Å². The summed E-state index contributed by atoms with van der Waals surface area (Å²) in [6, 6.07) is 10.7. The number of nitrogens with zero attached hydrogens (tertiary/aromatic N) is 2. The van der Waals surface area contributed by atoms with Crippen LogP contribution < -0.4 is 10.0 Å². The molecule has 2 aromatic carbocycles. The first kappa shape index (κ1) is 16.6. The summed E-state index contributed by atoms with van der Waals surface area (Å²) in [7, 11) is -4.06. The third kappa shape index (κ3) is 3.80. The highest BCUT2D eigenvalue weighted by Gasteiger charge is 2.18. The quantitative estimate of drug-likeness (QED) is 0.642. The van der Waals surface area contributed by atoms with Crippen molar-refractivity contribution in [2.75, 3.05) is 10.0 Å². The Bertz CT molecular complexity index is 1010. The van der Waals surface area contributed by atoms with Crippen LogP contribution in [-0.2, 0) is 10.0 Å². The highest BCUT2D eigenvalue weighted by molar-refractivity contribution is 7.92. The second-order valence-electron chi connectivity index (χ2n) is 4.90. The molecule has 0 radical (unpaired) electrons. The molecule has 10 heteroatoms. The van der Waals surface area contributed by atoms with E-state index in [2.05, 4.69) is 25.2 Å². The Balaban J connectivity index is 1.85. The summed E-state index contributed by atoms with van der Waals surface area (Å²) in [5.74, 6) is -1.15. The van der Waals surface area contributed by atoms with Crippen molar-refractivity contribution in [1.82, 2.24) is 15.2 Å². The van der Waals surface area contributed by atoms with Crippen molar-refractivity contribution in [2.45, 2.75) is 4.90 Å². The maximum absolute atomic E-state index is 13.6. The zero-order valence-electron chi connectivity index (χ0n) is 12.6. The number of benzene rings is 2. The minimum Gasteiger partial charge on any atom is -0.291 e. The number of carbonyl (C=O) groups excluding carboxylic acids is 1. The molecule has 8 nitrogen and oxygen atoms in total. The fraction of sp³-hybridized carbons (Fsp3) is 0. The van der Waals surface area contributed by atoms with E-state index < -0.39 is 21.7 Å². The third-order valence-corrected chi connectivity index (χ3v) is 4.53. The number of aromatic nitrogens is 3. The van der Waals surface area contributed by atoms with E-state index in [0.29, 0.717) is 0 Å². The molecule has 25 heavy (non-hydrogen) atoms. The Morgan fingerprint density at radius 1 is 1.12 bits per heavy atom. The molecule has 0 aliphatic carbocycles. The molecule has 0 saturated heterocycles. The van der Waals surface area contributed by atoms with Crippen LogP contribution >= 0.6 is 0 Å². The maximum atomic E-state index is 13.6. The summed E-state index contributed by atoms with van der Waals surface area (Å²) in [5, 5.41) is 8.48. The van der Waals surface area contributed by atoms with Gasteiger partial charge in [-0.2, -0.15) is 10.1 Å². The second kappa shape index (κ2) is 6.69. The first-order valence-electron chi connectivity index (χ1n) is 7.00. The Morgan fingerprint density at radius 3 is 2.64 bits per heavy atom. The normalized spacial score (nSPS) is 11.1. The van der Waals surface area contributed by atoms with Gasteiger partial charge in [0.05, 0.1) is 10.6 Å². The summed E-state index contributed by atoms with van der Waals surface area (Å²) in [4.78, 5) is 15.7. The summed E-state index contributed by atoms with van der Waals surface area (Å²) in [6.45, 7) is 0. The van der Waals surface area contributed by atoms with Crippen LogP contribution in [0.15, 0.2) is 59.8 Å². The molecule has 0 saturated carbocycles. The number of hydrogen-bond acceptors (Lipinski definition) is 5. The van der Waals surface area contributed by atoms with Crippen LogP contribution in [0.4, 0.5) is 16.0 Å². The number of hydrogen-bond donors (Lipinski definition) is 3. The minimum atomic E-state index is -4.06. The van der Waals surface area contributed by atoms with Crippen molar-refractivity contribution in [1.29, 1.82) is 0 Å². The molecule has 0 aliphatic heterocycles. The fourth-order valence-corrected chi connectivity index (χ4v) is 3.11. The number of anilines is 2. The number of sulfonamides is 1. The van der Waals surface area contributed by atoms with E-state index in [9.17, 15) is 17.6 Å². The van der Waals surface area contributed by atoms with Gasteiger partial charge in [0.25, 0.3) is 15.9 Å². The molecule has 0 unspecified atom stereocenters. The van der Waals surface area contributed by atoms with Gasteiger partial charge in [-0.05, 0) is 30.3 Å². The van der Waals surface area contributed by atoms with Gasteiger partial charge >= 0.3 is 0 Å². The van der Waals surface area contributed by atoms with Crippen LogP contribution in [0, 0.1) is 5.82 Å². The number of aromatic amines is 1. The lowest BCUT2D eigenvalue weighted by molar-refractivity contribution is 0.102. The van der Waals surface area contributed by atoms with E-state index in [4.69, 9.17) is 0 Å². The first-order valence-corrected chi connectivity index (χ1v) is 8.48. The van der Waals surface area contributed by atoms with Gasteiger partial charge in [0.2, 0.25) is 5.95 Å². The van der Waals surface area contributed by atoms with Crippen molar-refractivity contribution >= 4 is 27.6 Å². The zero-order chi connectivity index (χ0) is 17.9. The average Bonchev–Trinajstić information content (AvgIpc) is 3.10. The largest absolute Gasteiger partial charge is 0.291 e. The summed E-state index contributed by atoms with van der Waals surface area (Å²) < 4.78 is 40.6. The molecular weight excluding hydrogens is 349 g/mol. The fourth-order valence-electron chi connectivity index (χ4n) is 2.00. The van der Waals surface area contributed by atoms with Crippen LogP contribution in [0.25, 0.3) is 0 Å². The average molecular weight is 361 g/mol. The van der Waals surface area contributed by atoms with E-state index in [1.807, 2.05) is 0 Å². The molecule has 0 fully saturated rings. The Kier molecular flexibility index (Phi) is 4.44. The monoisotopic (exact) mass is 361 g/mol. The van der Waals surface area contributed by atoms with Gasteiger partial charge in [0.15, 0.2) is 0 Å². The number of carbonyl (C=O) groups is 1. The third-order valence-electron chi connectivity index (χ3n) is 3.17.